The average molecular weight is 1090 g/mol. The predicted octanol–water partition coefficient (Wildman–Crippen LogP) is 16.8. The van der Waals surface area contributed by atoms with Crippen molar-refractivity contribution in [3.63, 3.8) is 0 Å². The van der Waals surface area contributed by atoms with Gasteiger partial charge in [-0.3, -0.25) is 14.4 Å². The molecule has 0 unspecified atom stereocenters. The molecule has 3 aliphatic rings. The molecule has 3 aliphatic carbocycles. The Bertz CT molecular complexity index is 3580. The van der Waals surface area contributed by atoms with E-state index < -0.39 is 0 Å². The number of pyridine rings is 3. The molecule has 0 radical (unpaired) electrons. The van der Waals surface area contributed by atoms with E-state index >= 15 is 0 Å². The first-order chi connectivity index (χ1) is 38.6. The lowest BCUT2D eigenvalue weighted by Crippen LogP contribution is -2.20. The zero-order chi connectivity index (χ0) is 54.5. The second-order valence-electron chi connectivity index (χ2n) is 20.7. The fraction of sp³-hybridized carbons (Fsp3) is 0.262. The second kappa shape index (κ2) is 26.1. The van der Waals surface area contributed by atoms with Gasteiger partial charge in [0.1, 0.15) is 17.5 Å². The van der Waals surface area contributed by atoms with Gasteiger partial charge >= 0.3 is 0 Å². The number of nitrogens with zero attached hydrogens (tertiary/aromatic N) is 3. The summed E-state index contributed by atoms with van der Waals surface area (Å²) in [5, 5.41) is 23.2. The van der Waals surface area contributed by atoms with Crippen molar-refractivity contribution < 1.29 is 14.4 Å². The van der Waals surface area contributed by atoms with Crippen molar-refractivity contribution in [1.29, 1.82) is 0 Å². The number of aromatic nitrogens is 3. The third-order valence-electron chi connectivity index (χ3n) is 14.9. The Hall–Kier alpha value is -8.06. The minimum Gasteiger partial charge on any atom is -0.366 e. The van der Waals surface area contributed by atoms with Crippen molar-refractivity contribution in [3.05, 3.63) is 185 Å². The zero-order valence-corrected chi connectivity index (χ0v) is 45.8. The normalized spacial score (nSPS) is 14.5. The van der Waals surface area contributed by atoms with Crippen LogP contribution in [0, 0.1) is 24.7 Å². The lowest BCUT2D eigenvalue weighted by atomic mass is 10.1. The molecular formula is C65H65Cl2N9O3. The summed E-state index contributed by atoms with van der Waals surface area (Å²) in [4.78, 5) is 51.9. The highest BCUT2D eigenvalue weighted by Crippen LogP contribution is 2.35. The van der Waals surface area contributed by atoms with Gasteiger partial charge in [0.05, 0.1) is 43.7 Å². The highest BCUT2D eigenvalue weighted by atomic mass is 35.5. The van der Waals surface area contributed by atoms with E-state index in [1.807, 2.05) is 127 Å². The van der Waals surface area contributed by atoms with E-state index in [1.165, 1.54) is 11.1 Å². The Balaban J connectivity index is 0.000000134. The molecule has 402 valence electrons. The molecule has 3 heterocycles. The van der Waals surface area contributed by atoms with Crippen molar-refractivity contribution in [1.82, 2.24) is 15.0 Å². The fourth-order valence-corrected chi connectivity index (χ4v) is 10.9. The quantitative estimate of drug-likeness (QED) is 0.0660. The molecule has 3 aromatic heterocycles. The lowest BCUT2D eigenvalue weighted by molar-refractivity contribution is -0.120. The van der Waals surface area contributed by atoms with Crippen LogP contribution in [0.5, 0.6) is 0 Å². The first-order valence-electron chi connectivity index (χ1n) is 27.5. The van der Waals surface area contributed by atoms with Crippen molar-refractivity contribution in [3.8, 4) is 0 Å². The Kier molecular flexibility index (Phi) is 17.9. The van der Waals surface area contributed by atoms with Crippen LogP contribution in [0.3, 0.4) is 0 Å². The summed E-state index contributed by atoms with van der Waals surface area (Å²) in [6.45, 7) is 2.76. The smallest absolute Gasteiger partial charge is 0.227 e. The van der Waals surface area contributed by atoms with E-state index in [4.69, 9.17) is 33.2 Å². The molecule has 0 atom stereocenters. The molecule has 0 aliphatic heterocycles. The summed E-state index contributed by atoms with van der Waals surface area (Å²) in [5.74, 6) is 2.86. The molecule has 14 heteroatoms. The number of hydrogen-bond acceptors (Lipinski definition) is 9. The maximum atomic E-state index is 12.6. The number of carbonyl (C=O) groups is 3. The summed E-state index contributed by atoms with van der Waals surface area (Å²) >= 11 is 12.1. The van der Waals surface area contributed by atoms with Crippen molar-refractivity contribution in [2.45, 2.75) is 90.5 Å². The summed E-state index contributed by atoms with van der Waals surface area (Å²) in [6.07, 6.45) is 12.7. The Morgan fingerprint density at radius 2 is 0.810 bits per heavy atom. The number of para-hydroxylation sites is 3. The minimum absolute atomic E-state index is 0.0874. The van der Waals surface area contributed by atoms with Gasteiger partial charge in [0, 0.05) is 70.0 Å². The van der Waals surface area contributed by atoms with Gasteiger partial charge in [0.25, 0.3) is 0 Å². The molecule has 3 amide bonds. The highest BCUT2D eigenvalue weighted by molar-refractivity contribution is 6.42. The standard InChI is InChI=1S/2C22H23N3O.C21H19Cl2N3O/c1-15-10-12-17(13-11-15)23-21-14-20(18-8-4-5-9-19(18)24-21)25-22(26)16-6-2-3-7-16;26-22(17-10-4-5-11-17)25-20-14-21(23-15-16-8-2-1-3-9-16)24-19-13-7-6-12-18(19)20;22-16-10-9-14(11-17(16)23)24-20-12-19(15-7-3-4-8-18(15)25-20)26-21(27)13-5-1-2-6-13/h4-5,8-14,16H,2-3,6-7H2,1H3,(H2,23,24,25,26);1-3,6-9,12-14,17H,4-5,10-11,15H2,(H2,23,24,25,26);3-4,7-13H,1-2,5-6H2,(H2,24,25,26,27). The number of fused-ring (bicyclic) bond motifs is 3. The van der Waals surface area contributed by atoms with Crippen molar-refractivity contribution in [2.24, 2.45) is 17.8 Å². The maximum Gasteiger partial charge on any atom is 0.227 e. The van der Waals surface area contributed by atoms with Crippen LogP contribution in [0.15, 0.2) is 164 Å². The molecule has 0 bridgehead atoms. The molecule has 3 fully saturated rings. The maximum absolute atomic E-state index is 12.6. The molecule has 0 saturated heterocycles. The summed E-state index contributed by atoms with van der Waals surface area (Å²) in [5.41, 5.74) is 9.14. The molecule has 79 heavy (non-hydrogen) atoms. The van der Waals surface area contributed by atoms with Crippen LogP contribution in [-0.4, -0.2) is 32.7 Å². The number of nitrogens with one attached hydrogen (secondary N) is 6. The van der Waals surface area contributed by atoms with Crippen LogP contribution in [0.2, 0.25) is 10.0 Å². The third-order valence-corrected chi connectivity index (χ3v) is 15.7. The zero-order valence-electron chi connectivity index (χ0n) is 44.3. The molecule has 9 aromatic rings. The molecule has 6 N–H and O–H groups in total. The summed E-state index contributed by atoms with van der Waals surface area (Å²) in [6, 6.07) is 53.1. The monoisotopic (exact) mass is 1090 g/mol. The number of carbonyl (C=O) groups excluding carboxylic acids is 3. The number of hydrogen-bond donors (Lipinski definition) is 6. The van der Waals surface area contributed by atoms with Gasteiger partial charge in [0.2, 0.25) is 17.7 Å². The van der Waals surface area contributed by atoms with Crippen LogP contribution < -0.4 is 31.9 Å². The van der Waals surface area contributed by atoms with Gasteiger partial charge < -0.3 is 31.9 Å². The number of halogens is 2. The van der Waals surface area contributed by atoms with Crippen LogP contribution in [-0.2, 0) is 20.9 Å². The van der Waals surface area contributed by atoms with Crippen LogP contribution in [0.1, 0.15) is 88.2 Å². The Morgan fingerprint density at radius 1 is 0.430 bits per heavy atom. The van der Waals surface area contributed by atoms with Crippen LogP contribution in [0.25, 0.3) is 32.7 Å². The van der Waals surface area contributed by atoms with E-state index in [1.54, 1.807) is 12.1 Å². The number of rotatable bonds is 13. The van der Waals surface area contributed by atoms with E-state index in [2.05, 4.69) is 68.1 Å². The Morgan fingerprint density at radius 3 is 1.25 bits per heavy atom. The molecule has 12 nitrogen and oxygen atoms in total. The lowest BCUT2D eigenvalue weighted by Gasteiger charge is -2.15. The average Bonchev–Trinajstić information content (AvgIpc) is 4.40. The molecular weight excluding hydrogens is 1030 g/mol. The highest BCUT2D eigenvalue weighted by Gasteiger charge is 2.26. The topological polar surface area (TPSA) is 162 Å². The minimum atomic E-state index is 0.0874. The fourth-order valence-electron chi connectivity index (χ4n) is 10.6. The van der Waals surface area contributed by atoms with E-state index in [0.717, 1.165) is 150 Å². The third kappa shape index (κ3) is 14.4. The van der Waals surface area contributed by atoms with Gasteiger partial charge in [0.15, 0.2) is 0 Å². The summed E-state index contributed by atoms with van der Waals surface area (Å²) in [7, 11) is 0. The molecule has 6 aromatic carbocycles. The molecule has 0 spiro atoms. The number of benzene rings is 6. The van der Waals surface area contributed by atoms with E-state index in [9.17, 15) is 14.4 Å². The van der Waals surface area contributed by atoms with Gasteiger partial charge in [-0.05, 0) is 99.5 Å². The second-order valence-corrected chi connectivity index (χ2v) is 21.5. The van der Waals surface area contributed by atoms with E-state index in [0.29, 0.717) is 22.4 Å². The van der Waals surface area contributed by atoms with Crippen LogP contribution >= 0.6 is 23.2 Å². The van der Waals surface area contributed by atoms with Crippen LogP contribution in [0.4, 0.5) is 45.9 Å². The number of amides is 3. The first-order valence-corrected chi connectivity index (χ1v) is 28.3. The van der Waals surface area contributed by atoms with Gasteiger partial charge in [-0.1, -0.05) is 164 Å². The number of aryl methyl sites for hydroxylation is 1. The Labute approximate surface area is 471 Å². The SMILES string of the molecule is Cc1ccc(Nc2cc(NC(=O)C3CCCC3)c3ccccc3n2)cc1.O=C(Nc1cc(NCc2ccccc2)nc2ccccc12)C1CCCC1.O=C(Nc1cc(Nc2ccc(Cl)c(Cl)c2)nc2ccccc12)C1CCCC1. The first kappa shape index (κ1) is 54.3. The number of anilines is 8. The predicted molar refractivity (Wildman–Crippen MR) is 325 cm³/mol. The largest absolute Gasteiger partial charge is 0.366 e. The summed E-state index contributed by atoms with van der Waals surface area (Å²) < 4.78 is 0. The molecule has 12 rings (SSSR count). The van der Waals surface area contributed by atoms with Gasteiger partial charge in [-0.2, -0.15) is 0 Å². The van der Waals surface area contributed by atoms with Crippen molar-refractivity contribution >= 4 is 120 Å². The van der Waals surface area contributed by atoms with Gasteiger partial charge in [-0.25, -0.2) is 15.0 Å². The molecule has 3 saturated carbocycles. The van der Waals surface area contributed by atoms with Crippen molar-refractivity contribution in [2.75, 3.05) is 31.9 Å². The van der Waals surface area contributed by atoms with E-state index in [-0.39, 0.29) is 35.5 Å². The van der Waals surface area contributed by atoms with Gasteiger partial charge in [-0.15, -0.1) is 0 Å².